The summed E-state index contributed by atoms with van der Waals surface area (Å²) in [6.07, 6.45) is 0.768. The van der Waals surface area contributed by atoms with Gasteiger partial charge in [0.25, 0.3) is 5.91 Å². The third-order valence-corrected chi connectivity index (χ3v) is 6.20. The number of benzene rings is 2. The van der Waals surface area contributed by atoms with Gasteiger partial charge in [-0.3, -0.25) is 9.59 Å². The van der Waals surface area contributed by atoms with E-state index in [-0.39, 0.29) is 23.8 Å². The molecule has 0 aliphatic carbocycles. The van der Waals surface area contributed by atoms with E-state index in [9.17, 15) is 9.59 Å². The van der Waals surface area contributed by atoms with E-state index < -0.39 is 0 Å². The number of hydrogen-bond donors (Lipinski definition) is 2. The lowest BCUT2D eigenvalue weighted by Crippen LogP contribution is -2.42. The molecule has 2 amide bonds. The quantitative estimate of drug-likeness (QED) is 0.765. The molecule has 0 bridgehead atoms. The first-order valence-corrected chi connectivity index (χ1v) is 11.1. The number of para-hydroxylation sites is 1. The second kappa shape index (κ2) is 9.33. The van der Waals surface area contributed by atoms with Crippen molar-refractivity contribution in [1.29, 1.82) is 0 Å². The van der Waals surface area contributed by atoms with Crippen molar-refractivity contribution in [2.75, 3.05) is 31.3 Å². The molecule has 0 saturated carbocycles. The summed E-state index contributed by atoms with van der Waals surface area (Å²) in [5.41, 5.74) is 0.595. The van der Waals surface area contributed by atoms with Crippen molar-refractivity contribution in [1.82, 2.24) is 15.5 Å². The molecule has 2 N–H and O–H groups in total. The van der Waals surface area contributed by atoms with Crippen LogP contribution in [0.25, 0.3) is 0 Å². The van der Waals surface area contributed by atoms with Crippen LogP contribution < -0.4 is 15.4 Å². The SMILES string of the molecule is O=C(NC[C@@H]1CN[C@H](C(=O)N2CCSC2)C1)c1ccc(Oc2ccccc2)cc1. The fraction of sp³-hybridized carbons (Fsp3) is 0.364. The molecule has 152 valence electrons. The molecule has 0 radical (unpaired) electrons. The third-order valence-electron chi connectivity index (χ3n) is 5.23. The number of ether oxygens (including phenoxy) is 1. The Hall–Kier alpha value is -2.51. The van der Waals surface area contributed by atoms with E-state index in [1.807, 2.05) is 35.2 Å². The van der Waals surface area contributed by atoms with Crippen LogP contribution >= 0.6 is 11.8 Å². The summed E-state index contributed by atoms with van der Waals surface area (Å²) in [5.74, 6) is 3.61. The number of nitrogens with one attached hydrogen (secondary N) is 2. The van der Waals surface area contributed by atoms with Crippen LogP contribution in [0.5, 0.6) is 11.5 Å². The predicted molar refractivity (Wildman–Crippen MR) is 114 cm³/mol. The van der Waals surface area contributed by atoms with Gasteiger partial charge in [-0.2, -0.15) is 0 Å². The zero-order valence-corrected chi connectivity index (χ0v) is 17.0. The van der Waals surface area contributed by atoms with Crippen LogP contribution in [0.2, 0.25) is 0 Å². The van der Waals surface area contributed by atoms with Gasteiger partial charge in [-0.15, -0.1) is 11.8 Å². The van der Waals surface area contributed by atoms with E-state index in [2.05, 4.69) is 10.6 Å². The van der Waals surface area contributed by atoms with E-state index in [1.165, 1.54) is 0 Å². The molecule has 2 aromatic carbocycles. The summed E-state index contributed by atoms with van der Waals surface area (Å²) in [5, 5.41) is 6.30. The van der Waals surface area contributed by atoms with Gasteiger partial charge in [0.1, 0.15) is 11.5 Å². The van der Waals surface area contributed by atoms with Gasteiger partial charge in [0.05, 0.1) is 11.9 Å². The molecular formula is C22H25N3O3S. The molecule has 29 heavy (non-hydrogen) atoms. The minimum Gasteiger partial charge on any atom is -0.457 e. The molecule has 2 saturated heterocycles. The highest BCUT2D eigenvalue weighted by atomic mass is 32.2. The van der Waals surface area contributed by atoms with Crippen LogP contribution in [0.15, 0.2) is 54.6 Å². The van der Waals surface area contributed by atoms with Gasteiger partial charge in [-0.05, 0) is 48.7 Å². The first kappa shape index (κ1) is 19.8. The Bertz CT molecular complexity index is 838. The largest absolute Gasteiger partial charge is 0.457 e. The Morgan fingerprint density at radius 1 is 1.10 bits per heavy atom. The van der Waals surface area contributed by atoms with Gasteiger partial charge in [0, 0.05) is 31.0 Å². The summed E-state index contributed by atoms with van der Waals surface area (Å²) in [7, 11) is 0. The van der Waals surface area contributed by atoms with Crippen molar-refractivity contribution in [2.45, 2.75) is 12.5 Å². The Balaban J connectivity index is 1.24. The van der Waals surface area contributed by atoms with Crippen molar-refractivity contribution in [2.24, 2.45) is 5.92 Å². The smallest absolute Gasteiger partial charge is 0.251 e. The Kier molecular flexibility index (Phi) is 6.36. The van der Waals surface area contributed by atoms with Gasteiger partial charge in [0.15, 0.2) is 0 Å². The minimum atomic E-state index is -0.120. The topological polar surface area (TPSA) is 70.7 Å². The van der Waals surface area contributed by atoms with E-state index in [0.29, 0.717) is 17.9 Å². The van der Waals surface area contributed by atoms with Crippen LogP contribution in [0, 0.1) is 5.92 Å². The lowest BCUT2D eigenvalue weighted by molar-refractivity contribution is -0.131. The highest BCUT2D eigenvalue weighted by molar-refractivity contribution is 7.99. The number of amides is 2. The van der Waals surface area contributed by atoms with E-state index in [4.69, 9.17) is 4.74 Å². The van der Waals surface area contributed by atoms with E-state index >= 15 is 0 Å². The summed E-state index contributed by atoms with van der Waals surface area (Å²) in [4.78, 5) is 26.8. The fourth-order valence-corrected chi connectivity index (χ4v) is 4.55. The normalized spacial score (nSPS) is 21.2. The Morgan fingerprint density at radius 2 is 1.86 bits per heavy atom. The van der Waals surface area contributed by atoms with Crippen molar-refractivity contribution >= 4 is 23.6 Å². The van der Waals surface area contributed by atoms with Gasteiger partial charge in [-0.1, -0.05) is 18.2 Å². The minimum absolute atomic E-state index is 0.109. The molecule has 2 atom stereocenters. The molecule has 7 heteroatoms. The summed E-state index contributed by atoms with van der Waals surface area (Å²) in [6.45, 7) is 2.15. The van der Waals surface area contributed by atoms with Crippen molar-refractivity contribution in [3.05, 3.63) is 60.2 Å². The zero-order valence-electron chi connectivity index (χ0n) is 16.2. The third kappa shape index (κ3) is 5.10. The molecular weight excluding hydrogens is 386 g/mol. The van der Waals surface area contributed by atoms with Gasteiger partial charge in [-0.25, -0.2) is 0 Å². The summed E-state index contributed by atoms with van der Waals surface area (Å²) >= 11 is 1.79. The van der Waals surface area contributed by atoms with E-state index in [0.717, 1.165) is 36.9 Å². The second-order valence-corrected chi connectivity index (χ2v) is 8.43. The van der Waals surface area contributed by atoms with Gasteiger partial charge in [0.2, 0.25) is 5.91 Å². The predicted octanol–water partition coefficient (Wildman–Crippen LogP) is 2.72. The number of nitrogens with zero attached hydrogens (tertiary/aromatic N) is 1. The summed E-state index contributed by atoms with van der Waals surface area (Å²) in [6, 6.07) is 16.5. The average molecular weight is 412 g/mol. The van der Waals surface area contributed by atoms with E-state index in [1.54, 1.807) is 36.0 Å². The molecule has 2 heterocycles. The molecule has 6 nitrogen and oxygen atoms in total. The first-order valence-electron chi connectivity index (χ1n) is 9.90. The molecule has 2 fully saturated rings. The lowest BCUT2D eigenvalue weighted by Gasteiger charge is -2.19. The number of rotatable bonds is 6. The molecule has 2 aliphatic rings. The molecule has 2 aromatic rings. The molecule has 0 spiro atoms. The molecule has 4 rings (SSSR count). The zero-order chi connectivity index (χ0) is 20.1. The van der Waals surface area contributed by atoms with Crippen LogP contribution in [-0.4, -0.2) is 54.0 Å². The number of thioether (sulfide) groups is 1. The van der Waals surface area contributed by atoms with Crippen LogP contribution in [0.1, 0.15) is 16.8 Å². The monoisotopic (exact) mass is 411 g/mol. The molecule has 0 unspecified atom stereocenters. The van der Waals surface area contributed by atoms with Crippen LogP contribution in [0.3, 0.4) is 0 Å². The van der Waals surface area contributed by atoms with Gasteiger partial charge >= 0.3 is 0 Å². The van der Waals surface area contributed by atoms with Crippen LogP contribution in [-0.2, 0) is 4.79 Å². The highest BCUT2D eigenvalue weighted by Gasteiger charge is 2.33. The lowest BCUT2D eigenvalue weighted by atomic mass is 10.0. The Morgan fingerprint density at radius 3 is 2.59 bits per heavy atom. The molecule has 2 aliphatic heterocycles. The second-order valence-electron chi connectivity index (χ2n) is 7.35. The Labute approximate surface area is 175 Å². The molecule has 0 aromatic heterocycles. The summed E-state index contributed by atoms with van der Waals surface area (Å²) < 4.78 is 5.75. The van der Waals surface area contributed by atoms with Crippen LogP contribution in [0.4, 0.5) is 0 Å². The van der Waals surface area contributed by atoms with Gasteiger partial charge < -0.3 is 20.3 Å². The standard InChI is InChI=1S/C22H25N3O3S/c26-21(17-6-8-19(9-7-17)28-18-4-2-1-3-5-18)24-14-16-12-20(23-13-16)22(27)25-10-11-29-15-25/h1-9,16,20,23H,10-15H2,(H,24,26)/t16-,20-/m0/s1. The first-order chi connectivity index (χ1) is 14.2. The number of carbonyl (C=O) groups is 2. The van der Waals surface area contributed by atoms with Crippen molar-refractivity contribution in [3.63, 3.8) is 0 Å². The maximum atomic E-state index is 12.5. The average Bonchev–Trinajstić information content (AvgIpc) is 3.45. The maximum Gasteiger partial charge on any atom is 0.251 e. The highest BCUT2D eigenvalue weighted by Crippen LogP contribution is 2.22. The fourth-order valence-electron chi connectivity index (χ4n) is 3.60. The number of carbonyl (C=O) groups excluding carboxylic acids is 2. The van der Waals surface area contributed by atoms with Crippen molar-refractivity contribution < 1.29 is 14.3 Å². The maximum absolute atomic E-state index is 12.5. The van der Waals surface area contributed by atoms with Crippen molar-refractivity contribution in [3.8, 4) is 11.5 Å². The number of hydrogen-bond acceptors (Lipinski definition) is 5.